The van der Waals surface area contributed by atoms with E-state index in [9.17, 15) is 5.11 Å². The number of rotatable bonds is 4. The number of aromatic nitrogens is 2. The van der Waals surface area contributed by atoms with E-state index in [0.29, 0.717) is 11.7 Å². The van der Waals surface area contributed by atoms with Gasteiger partial charge in [0.05, 0.1) is 11.0 Å². The van der Waals surface area contributed by atoms with Gasteiger partial charge in [0.2, 0.25) is 0 Å². The number of imidazole rings is 1. The molecule has 1 saturated heterocycles. The van der Waals surface area contributed by atoms with Crippen molar-refractivity contribution in [3.63, 3.8) is 0 Å². The Hall–Kier alpha value is -1.59. The Morgan fingerprint density at radius 2 is 2.00 bits per heavy atom. The minimum atomic E-state index is -0.579. The van der Waals surface area contributed by atoms with E-state index in [-0.39, 0.29) is 0 Å². The van der Waals surface area contributed by atoms with Crippen molar-refractivity contribution in [2.24, 2.45) is 0 Å². The van der Waals surface area contributed by atoms with Gasteiger partial charge >= 0.3 is 0 Å². The molecule has 0 amide bonds. The molecule has 0 saturated carbocycles. The van der Waals surface area contributed by atoms with E-state index in [0.717, 1.165) is 23.4 Å². The van der Waals surface area contributed by atoms with Crippen molar-refractivity contribution < 1.29 is 5.11 Å². The predicted molar refractivity (Wildman–Crippen MR) is 85.0 cm³/mol. The average Bonchev–Trinajstić information content (AvgIpc) is 3.06. The molecule has 5 heteroatoms. The molecule has 3 N–H and O–H groups in total. The van der Waals surface area contributed by atoms with Crippen LogP contribution in [0.15, 0.2) is 18.2 Å². The van der Waals surface area contributed by atoms with Crippen molar-refractivity contribution in [2.45, 2.75) is 45.4 Å². The van der Waals surface area contributed by atoms with E-state index < -0.39 is 6.10 Å². The van der Waals surface area contributed by atoms with Crippen LogP contribution in [0.5, 0.6) is 0 Å². The van der Waals surface area contributed by atoms with Gasteiger partial charge in [0, 0.05) is 18.3 Å². The van der Waals surface area contributed by atoms with Crippen molar-refractivity contribution in [1.29, 1.82) is 0 Å². The zero-order valence-corrected chi connectivity index (χ0v) is 12.8. The molecule has 5 nitrogen and oxygen atoms in total. The van der Waals surface area contributed by atoms with Gasteiger partial charge in [-0.25, -0.2) is 4.98 Å². The first-order valence-corrected chi connectivity index (χ1v) is 7.74. The fourth-order valence-electron chi connectivity index (χ4n) is 3.24. The summed E-state index contributed by atoms with van der Waals surface area (Å²) in [5, 5.41) is 10.0. The summed E-state index contributed by atoms with van der Waals surface area (Å²) in [5.41, 5.74) is 8.45. The Labute approximate surface area is 125 Å². The summed E-state index contributed by atoms with van der Waals surface area (Å²) in [6.07, 6.45) is 1.99. The average molecular weight is 288 g/mol. The molecule has 1 aromatic carbocycles. The zero-order chi connectivity index (χ0) is 15.0. The molecule has 2 atom stereocenters. The Balaban J connectivity index is 1.96. The first-order valence-electron chi connectivity index (χ1n) is 7.74. The minimum absolute atomic E-state index is 0.444. The van der Waals surface area contributed by atoms with Gasteiger partial charge in [0.25, 0.3) is 0 Å². The fourth-order valence-corrected chi connectivity index (χ4v) is 3.24. The maximum atomic E-state index is 10.0. The van der Waals surface area contributed by atoms with Crippen molar-refractivity contribution >= 4 is 16.7 Å². The summed E-state index contributed by atoms with van der Waals surface area (Å²) >= 11 is 0. The lowest BCUT2D eigenvalue weighted by atomic mass is 10.2. The van der Waals surface area contributed by atoms with E-state index in [1.54, 1.807) is 6.92 Å². The third kappa shape index (κ3) is 2.76. The van der Waals surface area contributed by atoms with E-state index in [2.05, 4.69) is 21.4 Å². The first kappa shape index (κ1) is 14.4. The van der Waals surface area contributed by atoms with Gasteiger partial charge in [-0.05, 0) is 58.0 Å². The van der Waals surface area contributed by atoms with Gasteiger partial charge in [-0.15, -0.1) is 0 Å². The standard InChI is InChI=1S/C16H24N4O/c1-11(19-7-3-4-8-19)10-20-15-6-5-13(17)9-14(15)18-16(20)12(2)21/h5-6,9,11-12,21H,3-4,7-8,10,17H2,1-2H3. The Morgan fingerprint density at radius 1 is 1.29 bits per heavy atom. The molecular formula is C16H24N4O. The van der Waals surface area contributed by atoms with Crippen LogP contribution < -0.4 is 5.73 Å². The molecular weight excluding hydrogens is 264 g/mol. The van der Waals surface area contributed by atoms with Gasteiger partial charge in [-0.1, -0.05) is 0 Å². The smallest absolute Gasteiger partial charge is 0.138 e. The quantitative estimate of drug-likeness (QED) is 0.846. The lowest BCUT2D eigenvalue weighted by molar-refractivity contribution is 0.177. The van der Waals surface area contributed by atoms with Gasteiger partial charge < -0.3 is 15.4 Å². The number of hydrogen-bond acceptors (Lipinski definition) is 4. The normalized spacial score (nSPS) is 19.2. The van der Waals surface area contributed by atoms with Crippen LogP contribution in [0.25, 0.3) is 11.0 Å². The highest BCUT2D eigenvalue weighted by molar-refractivity contribution is 5.79. The molecule has 1 fully saturated rings. The number of anilines is 1. The van der Waals surface area contributed by atoms with Crippen molar-refractivity contribution in [3.8, 4) is 0 Å². The first-order chi connectivity index (χ1) is 10.1. The molecule has 21 heavy (non-hydrogen) atoms. The van der Waals surface area contributed by atoms with Crippen LogP contribution in [-0.2, 0) is 6.54 Å². The number of likely N-dealkylation sites (tertiary alicyclic amines) is 1. The molecule has 2 heterocycles. The van der Waals surface area contributed by atoms with Crippen LogP contribution in [0.3, 0.4) is 0 Å². The van der Waals surface area contributed by atoms with Crippen LogP contribution in [0.4, 0.5) is 5.69 Å². The molecule has 0 spiro atoms. The summed E-state index contributed by atoms with van der Waals surface area (Å²) in [4.78, 5) is 7.08. The molecule has 0 bridgehead atoms. The number of benzene rings is 1. The second kappa shape index (κ2) is 5.66. The maximum Gasteiger partial charge on any atom is 0.138 e. The SMILES string of the molecule is CC(O)c1nc2cc(N)ccc2n1CC(C)N1CCCC1. The molecule has 3 rings (SSSR count). The monoisotopic (exact) mass is 288 g/mol. The summed E-state index contributed by atoms with van der Waals surface area (Å²) in [6, 6.07) is 6.21. The number of hydrogen-bond donors (Lipinski definition) is 2. The van der Waals surface area contributed by atoms with E-state index in [1.165, 1.54) is 25.9 Å². The van der Waals surface area contributed by atoms with Crippen LogP contribution in [0, 0.1) is 0 Å². The third-order valence-corrected chi connectivity index (χ3v) is 4.39. The number of nitrogen functional groups attached to an aromatic ring is 1. The number of fused-ring (bicyclic) bond motifs is 1. The Morgan fingerprint density at radius 3 is 2.67 bits per heavy atom. The highest BCUT2D eigenvalue weighted by atomic mass is 16.3. The number of aliphatic hydroxyl groups is 1. The summed E-state index contributed by atoms with van der Waals surface area (Å²) < 4.78 is 2.14. The molecule has 1 aliphatic rings. The molecule has 1 aliphatic heterocycles. The van der Waals surface area contributed by atoms with Crippen LogP contribution in [0.2, 0.25) is 0 Å². The lowest BCUT2D eigenvalue weighted by Crippen LogP contribution is -2.34. The second-order valence-electron chi connectivity index (χ2n) is 6.10. The van der Waals surface area contributed by atoms with Crippen LogP contribution >= 0.6 is 0 Å². The molecule has 2 aromatic rings. The van der Waals surface area contributed by atoms with Crippen LogP contribution in [0.1, 0.15) is 38.6 Å². The molecule has 0 radical (unpaired) electrons. The van der Waals surface area contributed by atoms with Gasteiger partial charge in [-0.2, -0.15) is 0 Å². The van der Waals surface area contributed by atoms with E-state index in [4.69, 9.17) is 5.73 Å². The molecule has 2 unspecified atom stereocenters. The highest BCUT2D eigenvalue weighted by Crippen LogP contribution is 2.24. The number of nitrogens with two attached hydrogens (primary N) is 1. The number of aliphatic hydroxyl groups excluding tert-OH is 1. The second-order valence-corrected chi connectivity index (χ2v) is 6.10. The minimum Gasteiger partial charge on any atom is -0.399 e. The maximum absolute atomic E-state index is 10.0. The van der Waals surface area contributed by atoms with Crippen molar-refractivity contribution in [2.75, 3.05) is 18.8 Å². The largest absolute Gasteiger partial charge is 0.399 e. The number of nitrogens with zero attached hydrogens (tertiary/aromatic N) is 3. The van der Waals surface area contributed by atoms with E-state index in [1.807, 2.05) is 18.2 Å². The lowest BCUT2D eigenvalue weighted by Gasteiger charge is -2.25. The van der Waals surface area contributed by atoms with Gasteiger partial charge in [-0.3, -0.25) is 4.90 Å². The zero-order valence-electron chi connectivity index (χ0n) is 12.8. The molecule has 1 aromatic heterocycles. The summed E-state index contributed by atoms with van der Waals surface area (Å²) in [5.74, 6) is 0.724. The van der Waals surface area contributed by atoms with Crippen LogP contribution in [-0.4, -0.2) is 38.7 Å². The summed E-state index contributed by atoms with van der Waals surface area (Å²) in [6.45, 7) is 7.21. The summed E-state index contributed by atoms with van der Waals surface area (Å²) in [7, 11) is 0. The Kier molecular flexibility index (Phi) is 3.87. The van der Waals surface area contributed by atoms with Gasteiger partial charge in [0.15, 0.2) is 0 Å². The highest BCUT2D eigenvalue weighted by Gasteiger charge is 2.22. The van der Waals surface area contributed by atoms with E-state index >= 15 is 0 Å². The third-order valence-electron chi connectivity index (χ3n) is 4.39. The Bertz CT molecular complexity index is 628. The topological polar surface area (TPSA) is 67.3 Å². The fraction of sp³-hybridized carbons (Fsp3) is 0.562. The predicted octanol–water partition coefficient (Wildman–Crippen LogP) is 2.16. The molecule has 114 valence electrons. The van der Waals surface area contributed by atoms with Gasteiger partial charge in [0.1, 0.15) is 11.9 Å². The van der Waals surface area contributed by atoms with Crippen molar-refractivity contribution in [3.05, 3.63) is 24.0 Å². The van der Waals surface area contributed by atoms with Crippen molar-refractivity contribution in [1.82, 2.24) is 14.5 Å². The molecule has 0 aliphatic carbocycles.